The van der Waals surface area contributed by atoms with E-state index in [0.717, 1.165) is 42.3 Å². The fourth-order valence-electron chi connectivity index (χ4n) is 2.09. The minimum absolute atomic E-state index is 0.787. The van der Waals surface area contributed by atoms with Crippen molar-refractivity contribution < 1.29 is 4.74 Å². The minimum Gasteiger partial charge on any atom is -0.481 e. The fraction of sp³-hybridized carbons (Fsp3) is 0.400. The third-order valence-corrected chi connectivity index (χ3v) is 3.06. The van der Waals surface area contributed by atoms with Crippen molar-refractivity contribution in [3.8, 4) is 11.6 Å². The summed E-state index contributed by atoms with van der Waals surface area (Å²) in [6, 6.07) is 10.0. The highest BCUT2D eigenvalue weighted by atomic mass is 16.5. The van der Waals surface area contributed by atoms with Gasteiger partial charge < -0.3 is 10.1 Å². The van der Waals surface area contributed by atoms with E-state index in [1.807, 2.05) is 41.9 Å². The lowest BCUT2D eigenvalue weighted by Gasteiger charge is -2.08. The van der Waals surface area contributed by atoms with Crippen molar-refractivity contribution in [2.24, 2.45) is 0 Å². The van der Waals surface area contributed by atoms with E-state index in [1.54, 1.807) is 7.11 Å². The number of nitrogens with one attached hydrogen (secondary N) is 1. The molecule has 19 heavy (non-hydrogen) atoms. The normalized spacial score (nSPS) is 10.7. The van der Waals surface area contributed by atoms with Crippen molar-refractivity contribution in [1.29, 1.82) is 0 Å². The van der Waals surface area contributed by atoms with Crippen LogP contribution >= 0.6 is 0 Å². The summed E-state index contributed by atoms with van der Waals surface area (Å²) in [7, 11) is 1.69. The average Bonchev–Trinajstić information content (AvgIpc) is 2.77. The molecule has 0 aliphatic carbocycles. The molecule has 1 N–H and O–H groups in total. The number of aryl methyl sites for hydroxylation is 1. The fourth-order valence-corrected chi connectivity index (χ4v) is 2.09. The number of rotatable bonds is 6. The molecule has 0 fully saturated rings. The molecule has 0 saturated carbocycles. The van der Waals surface area contributed by atoms with Crippen molar-refractivity contribution in [2.75, 3.05) is 13.7 Å². The molecule has 1 aromatic carbocycles. The van der Waals surface area contributed by atoms with Crippen LogP contribution in [0.5, 0.6) is 5.88 Å². The zero-order chi connectivity index (χ0) is 13.7. The standard InChI is InChI=1S/C15H21N3O/c1-4-10-16-11-14-12(2)17-18(15(14)19-3)13-8-6-5-7-9-13/h5-9,16H,4,10-11H2,1-3H3. The number of methoxy groups -OCH3 is 1. The molecule has 0 unspecified atom stereocenters. The van der Waals surface area contributed by atoms with Gasteiger partial charge in [0.15, 0.2) is 0 Å². The molecule has 1 aromatic heterocycles. The van der Waals surface area contributed by atoms with Crippen LogP contribution in [0.1, 0.15) is 24.6 Å². The van der Waals surface area contributed by atoms with Crippen LogP contribution in [0.25, 0.3) is 5.69 Å². The lowest BCUT2D eigenvalue weighted by molar-refractivity contribution is 0.378. The second kappa shape index (κ2) is 6.38. The molecule has 0 atom stereocenters. The Balaban J connectivity index is 2.33. The number of para-hydroxylation sites is 1. The summed E-state index contributed by atoms with van der Waals surface area (Å²) in [4.78, 5) is 0. The molecule has 4 nitrogen and oxygen atoms in total. The van der Waals surface area contributed by atoms with Crippen molar-refractivity contribution >= 4 is 0 Å². The molecule has 2 aromatic rings. The first-order valence-corrected chi connectivity index (χ1v) is 6.66. The Kier molecular flexibility index (Phi) is 4.58. The van der Waals surface area contributed by atoms with Gasteiger partial charge in [-0.1, -0.05) is 25.1 Å². The molecule has 1 heterocycles. The summed E-state index contributed by atoms with van der Waals surface area (Å²) in [6.45, 7) is 5.96. The van der Waals surface area contributed by atoms with Crippen molar-refractivity contribution in [3.05, 3.63) is 41.6 Å². The lowest BCUT2D eigenvalue weighted by Crippen LogP contribution is -2.14. The van der Waals surface area contributed by atoms with Gasteiger partial charge in [0.2, 0.25) is 5.88 Å². The summed E-state index contributed by atoms with van der Waals surface area (Å²) >= 11 is 0. The molecule has 0 aliphatic rings. The second-order valence-electron chi connectivity index (χ2n) is 4.50. The van der Waals surface area contributed by atoms with Gasteiger partial charge in [0.25, 0.3) is 0 Å². The Hall–Kier alpha value is -1.81. The van der Waals surface area contributed by atoms with E-state index in [1.165, 1.54) is 0 Å². The predicted octanol–water partition coefficient (Wildman–Crippen LogP) is 2.69. The summed E-state index contributed by atoms with van der Waals surface area (Å²) in [5.41, 5.74) is 3.15. The quantitative estimate of drug-likeness (QED) is 0.811. The number of ether oxygens (including phenoxy) is 1. The number of aromatic nitrogens is 2. The second-order valence-corrected chi connectivity index (χ2v) is 4.50. The zero-order valence-corrected chi connectivity index (χ0v) is 11.8. The molecule has 2 rings (SSSR count). The highest BCUT2D eigenvalue weighted by molar-refractivity contribution is 5.41. The first-order chi connectivity index (χ1) is 9.27. The molecule has 0 radical (unpaired) electrons. The van der Waals surface area contributed by atoms with Gasteiger partial charge in [0.05, 0.1) is 24.1 Å². The first kappa shape index (κ1) is 13.6. The largest absolute Gasteiger partial charge is 0.481 e. The smallest absolute Gasteiger partial charge is 0.221 e. The minimum atomic E-state index is 0.787. The predicted molar refractivity (Wildman–Crippen MR) is 76.9 cm³/mol. The van der Waals surface area contributed by atoms with Crippen LogP contribution in [0.4, 0.5) is 0 Å². The Morgan fingerprint density at radius 3 is 2.63 bits per heavy atom. The Bertz CT molecular complexity index is 520. The van der Waals surface area contributed by atoms with Crippen LogP contribution in [-0.4, -0.2) is 23.4 Å². The Morgan fingerprint density at radius 1 is 1.26 bits per heavy atom. The zero-order valence-electron chi connectivity index (χ0n) is 11.8. The number of hydrogen-bond donors (Lipinski definition) is 1. The molecule has 102 valence electrons. The van der Waals surface area contributed by atoms with E-state index in [2.05, 4.69) is 17.3 Å². The first-order valence-electron chi connectivity index (χ1n) is 6.66. The van der Waals surface area contributed by atoms with E-state index in [-0.39, 0.29) is 0 Å². The van der Waals surface area contributed by atoms with Gasteiger partial charge in [-0.15, -0.1) is 0 Å². The van der Waals surface area contributed by atoms with Crippen LogP contribution in [0.2, 0.25) is 0 Å². The topological polar surface area (TPSA) is 39.1 Å². The van der Waals surface area contributed by atoms with E-state index in [0.29, 0.717) is 0 Å². The van der Waals surface area contributed by atoms with Gasteiger partial charge in [-0.25, -0.2) is 4.68 Å². The van der Waals surface area contributed by atoms with E-state index < -0.39 is 0 Å². The van der Waals surface area contributed by atoms with Crippen molar-refractivity contribution in [2.45, 2.75) is 26.8 Å². The molecule has 0 saturated heterocycles. The van der Waals surface area contributed by atoms with Crippen LogP contribution in [0.15, 0.2) is 30.3 Å². The van der Waals surface area contributed by atoms with Crippen LogP contribution in [-0.2, 0) is 6.54 Å². The van der Waals surface area contributed by atoms with Gasteiger partial charge in [0.1, 0.15) is 0 Å². The molecule has 0 bridgehead atoms. The maximum atomic E-state index is 5.54. The van der Waals surface area contributed by atoms with E-state index in [9.17, 15) is 0 Å². The van der Waals surface area contributed by atoms with Gasteiger partial charge in [-0.2, -0.15) is 5.10 Å². The Morgan fingerprint density at radius 2 is 2.00 bits per heavy atom. The summed E-state index contributed by atoms with van der Waals surface area (Å²) < 4.78 is 7.40. The van der Waals surface area contributed by atoms with Gasteiger partial charge in [-0.3, -0.25) is 0 Å². The van der Waals surface area contributed by atoms with Gasteiger partial charge in [-0.05, 0) is 32.0 Å². The maximum absolute atomic E-state index is 5.54. The van der Waals surface area contributed by atoms with Gasteiger partial charge >= 0.3 is 0 Å². The Labute approximate surface area is 114 Å². The SMILES string of the molecule is CCCNCc1c(C)nn(-c2ccccc2)c1OC. The maximum Gasteiger partial charge on any atom is 0.221 e. The molecule has 4 heteroatoms. The van der Waals surface area contributed by atoms with Crippen molar-refractivity contribution in [1.82, 2.24) is 15.1 Å². The molecule has 0 aliphatic heterocycles. The number of benzene rings is 1. The number of hydrogen-bond acceptors (Lipinski definition) is 3. The average molecular weight is 259 g/mol. The van der Waals surface area contributed by atoms with E-state index >= 15 is 0 Å². The van der Waals surface area contributed by atoms with Gasteiger partial charge in [0, 0.05) is 6.54 Å². The highest BCUT2D eigenvalue weighted by Gasteiger charge is 2.16. The lowest BCUT2D eigenvalue weighted by atomic mass is 10.2. The third-order valence-electron chi connectivity index (χ3n) is 3.06. The van der Waals surface area contributed by atoms with Crippen molar-refractivity contribution in [3.63, 3.8) is 0 Å². The molecule has 0 spiro atoms. The molecular weight excluding hydrogens is 238 g/mol. The summed E-state index contributed by atoms with van der Waals surface area (Å²) in [6.07, 6.45) is 1.12. The number of nitrogens with zero attached hydrogens (tertiary/aromatic N) is 2. The van der Waals surface area contributed by atoms with Crippen LogP contribution in [0.3, 0.4) is 0 Å². The van der Waals surface area contributed by atoms with E-state index in [4.69, 9.17) is 4.74 Å². The third kappa shape index (κ3) is 2.96. The monoisotopic (exact) mass is 259 g/mol. The summed E-state index contributed by atoms with van der Waals surface area (Å²) in [5.74, 6) is 0.812. The summed E-state index contributed by atoms with van der Waals surface area (Å²) in [5, 5.41) is 7.98. The van der Waals surface area contributed by atoms with Crippen LogP contribution in [0, 0.1) is 6.92 Å². The highest BCUT2D eigenvalue weighted by Crippen LogP contribution is 2.25. The van der Waals surface area contributed by atoms with Crippen LogP contribution < -0.4 is 10.1 Å². The molecule has 0 amide bonds. The molecular formula is C15H21N3O.